The highest BCUT2D eigenvalue weighted by molar-refractivity contribution is 4.78. The number of rotatable bonds is 8. The molecule has 1 aliphatic rings. The van der Waals surface area contributed by atoms with Crippen LogP contribution in [0.25, 0.3) is 0 Å². The van der Waals surface area contributed by atoms with Gasteiger partial charge in [0.15, 0.2) is 0 Å². The van der Waals surface area contributed by atoms with Crippen molar-refractivity contribution in [3.8, 4) is 0 Å². The monoisotopic (exact) mass is 229 g/mol. The Morgan fingerprint density at radius 3 is 2.88 bits per heavy atom. The molecule has 0 spiro atoms. The second kappa shape index (κ2) is 8.04. The fraction of sp³-hybridized carbons (Fsp3) is 1.00. The van der Waals surface area contributed by atoms with Gasteiger partial charge in [-0.05, 0) is 52.5 Å². The summed E-state index contributed by atoms with van der Waals surface area (Å²) in [4.78, 5) is 2.57. The summed E-state index contributed by atoms with van der Waals surface area (Å²) in [7, 11) is 0. The van der Waals surface area contributed by atoms with E-state index in [0.717, 1.165) is 32.4 Å². The van der Waals surface area contributed by atoms with Crippen LogP contribution in [0.1, 0.15) is 46.0 Å². The Morgan fingerprint density at radius 2 is 2.19 bits per heavy atom. The fourth-order valence-corrected chi connectivity index (χ4v) is 2.43. The topological polar surface area (TPSA) is 32.7 Å². The third-order valence-electron chi connectivity index (χ3n) is 3.24. The van der Waals surface area contributed by atoms with E-state index in [-0.39, 0.29) is 0 Å². The van der Waals surface area contributed by atoms with Gasteiger partial charge in [0, 0.05) is 25.8 Å². The smallest absolute Gasteiger partial charge is 0.0518 e. The summed E-state index contributed by atoms with van der Waals surface area (Å²) in [5.74, 6) is 0. The summed E-state index contributed by atoms with van der Waals surface area (Å²) in [5, 5.41) is 8.85. The minimum Gasteiger partial charge on any atom is -0.396 e. The molecule has 1 N–H and O–H groups in total. The van der Waals surface area contributed by atoms with E-state index in [0.29, 0.717) is 18.8 Å². The first kappa shape index (κ1) is 13.9. The summed E-state index contributed by atoms with van der Waals surface area (Å²) in [6.07, 6.45) is 6.22. The lowest BCUT2D eigenvalue weighted by molar-refractivity contribution is 0.0690. The minimum absolute atomic E-state index is 0.334. The van der Waals surface area contributed by atoms with E-state index in [1.807, 2.05) is 0 Å². The molecular weight excluding hydrogens is 202 g/mol. The van der Waals surface area contributed by atoms with E-state index in [1.54, 1.807) is 0 Å². The second-order valence-corrected chi connectivity index (χ2v) is 4.97. The van der Waals surface area contributed by atoms with Crippen LogP contribution in [0.2, 0.25) is 0 Å². The molecule has 1 atom stereocenters. The molecule has 0 bridgehead atoms. The van der Waals surface area contributed by atoms with Gasteiger partial charge in [0.05, 0.1) is 6.10 Å². The van der Waals surface area contributed by atoms with Crippen LogP contribution in [0.4, 0.5) is 0 Å². The van der Waals surface area contributed by atoms with Crippen molar-refractivity contribution in [2.45, 2.75) is 58.1 Å². The molecule has 16 heavy (non-hydrogen) atoms. The van der Waals surface area contributed by atoms with Gasteiger partial charge in [-0.1, -0.05) is 0 Å². The Hall–Kier alpha value is -0.120. The second-order valence-electron chi connectivity index (χ2n) is 4.97. The Bertz CT molecular complexity index is 173. The van der Waals surface area contributed by atoms with Gasteiger partial charge in [-0.15, -0.1) is 0 Å². The lowest BCUT2D eigenvalue weighted by Gasteiger charge is -2.24. The number of likely N-dealkylation sites (tertiary alicyclic amines) is 1. The SMILES string of the molecule is CC(C)OCCCN1CCCC1CCCO. The summed E-state index contributed by atoms with van der Waals surface area (Å²) >= 11 is 0. The van der Waals surface area contributed by atoms with Crippen LogP contribution in [-0.4, -0.2) is 48.5 Å². The molecule has 96 valence electrons. The highest BCUT2D eigenvalue weighted by Gasteiger charge is 2.22. The molecule has 0 aromatic carbocycles. The number of ether oxygens (including phenoxy) is 1. The van der Waals surface area contributed by atoms with Crippen molar-refractivity contribution < 1.29 is 9.84 Å². The summed E-state index contributed by atoms with van der Waals surface area (Å²) in [5.41, 5.74) is 0. The summed E-state index contributed by atoms with van der Waals surface area (Å²) in [6.45, 7) is 7.77. The van der Waals surface area contributed by atoms with Crippen molar-refractivity contribution >= 4 is 0 Å². The predicted octanol–water partition coefficient (Wildman–Crippen LogP) is 2.04. The molecule has 1 fully saturated rings. The molecule has 1 saturated heterocycles. The van der Waals surface area contributed by atoms with Gasteiger partial charge in [-0.25, -0.2) is 0 Å². The van der Waals surface area contributed by atoms with Gasteiger partial charge in [0.2, 0.25) is 0 Å². The highest BCUT2D eigenvalue weighted by Crippen LogP contribution is 2.21. The lowest BCUT2D eigenvalue weighted by Crippen LogP contribution is -2.31. The number of hydrogen-bond acceptors (Lipinski definition) is 3. The molecule has 0 aromatic rings. The van der Waals surface area contributed by atoms with Gasteiger partial charge < -0.3 is 14.7 Å². The van der Waals surface area contributed by atoms with Crippen molar-refractivity contribution in [2.24, 2.45) is 0 Å². The van der Waals surface area contributed by atoms with E-state index in [4.69, 9.17) is 9.84 Å². The van der Waals surface area contributed by atoms with Crippen LogP contribution >= 0.6 is 0 Å². The maximum Gasteiger partial charge on any atom is 0.0518 e. The van der Waals surface area contributed by atoms with E-state index >= 15 is 0 Å². The highest BCUT2D eigenvalue weighted by atomic mass is 16.5. The molecule has 1 unspecified atom stereocenters. The average molecular weight is 229 g/mol. The molecule has 1 rings (SSSR count). The van der Waals surface area contributed by atoms with Gasteiger partial charge in [0.25, 0.3) is 0 Å². The van der Waals surface area contributed by atoms with E-state index < -0.39 is 0 Å². The maximum atomic E-state index is 8.85. The summed E-state index contributed by atoms with van der Waals surface area (Å²) in [6, 6.07) is 0.714. The number of aliphatic hydroxyl groups excluding tert-OH is 1. The molecule has 0 amide bonds. The zero-order valence-corrected chi connectivity index (χ0v) is 10.8. The van der Waals surface area contributed by atoms with Crippen molar-refractivity contribution in [2.75, 3.05) is 26.3 Å². The van der Waals surface area contributed by atoms with Crippen LogP contribution < -0.4 is 0 Å². The first-order chi connectivity index (χ1) is 7.74. The van der Waals surface area contributed by atoms with Gasteiger partial charge >= 0.3 is 0 Å². The third-order valence-corrected chi connectivity index (χ3v) is 3.24. The third kappa shape index (κ3) is 5.28. The van der Waals surface area contributed by atoms with Crippen molar-refractivity contribution in [1.29, 1.82) is 0 Å². The van der Waals surface area contributed by atoms with E-state index in [9.17, 15) is 0 Å². The molecular formula is C13H27NO2. The first-order valence-corrected chi connectivity index (χ1v) is 6.70. The van der Waals surface area contributed by atoms with Crippen molar-refractivity contribution in [3.05, 3.63) is 0 Å². The molecule has 1 aliphatic heterocycles. The number of hydrogen-bond donors (Lipinski definition) is 1. The first-order valence-electron chi connectivity index (χ1n) is 6.70. The van der Waals surface area contributed by atoms with Crippen LogP contribution in [-0.2, 0) is 4.74 Å². The van der Waals surface area contributed by atoms with Crippen LogP contribution in [0, 0.1) is 0 Å². The maximum absolute atomic E-state index is 8.85. The molecule has 0 radical (unpaired) electrons. The molecule has 0 aromatic heterocycles. The van der Waals surface area contributed by atoms with Crippen LogP contribution in [0.15, 0.2) is 0 Å². The molecule has 0 aliphatic carbocycles. The number of aliphatic hydroxyl groups is 1. The van der Waals surface area contributed by atoms with Gasteiger partial charge in [-0.2, -0.15) is 0 Å². The lowest BCUT2D eigenvalue weighted by atomic mass is 10.1. The Morgan fingerprint density at radius 1 is 1.38 bits per heavy atom. The normalized spacial score (nSPS) is 22.1. The summed E-state index contributed by atoms with van der Waals surface area (Å²) < 4.78 is 5.55. The standard InChI is InChI=1S/C13H27NO2/c1-12(2)16-11-5-9-14-8-3-6-13(14)7-4-10-15/h12-13,15H,3-11H2,1-2H3. The predicted molar refractivity (Wildman–Crippen MR) is 66.6 cm³/mol. The number of nitrogens with zero attached hydrogens (tertiary/aromatic N) is 1. The zero-order chi connectivity index (χ0) is 11.8. The molecule has 3 heteroatoms. The molecule has 1 heterocycles. The van der Waals surface area contributed by atoms with Gasteiger partial charge in [-0.3, -0.25) is 0 Å². The Kier molecular flexibility index (Phi) is 7.01. The minimum atomic E-state index is 0.334. The zero-order valence-electron chi connectivity index (χ0n) is 10.8. The van der Waals surface area contributed by atoms with Crippen LogP contribution in [0.3, 0.4) is 0 Å². The van der Waals surface area contributed by atoms with Crippen molar-refractivity contribution in [3.63, 3.8) is 0 Å². The van der Waals surface area contributed by atoms with Crippen LogP contribution in [0.5, 0.6) is 0 Å². The van der Waals surface area contributed by atoms with Crippen molar-refractivity contribution in [1.82, 2.24) is 4.90 Å². The molecule has 3 nitrogen and oxygen atoms in total. The largest absolute Gasteiger partial charge is 0.396 e. The van der Waals surface area contributed by atoms with E-state index in [1.165, 1.54) is 19.4 Å². The van der Waals surface area contributed by atoms with Gasteiger partial charge in [0.1, 0.15) is 0 Å². The average Bonchev–Trinajstić information content (AvgIpc) is 2.69. The quantitative estimate of drug-likeness (QED) is 0.647. The Balaban J connectivity index is 2.09. The Labute approximate surface area is 99.8 Å². The fourth-order valence-electron chi connectivity index (χ4n) is 2.43. The molecule has 0 saturated carbocycles. The van der Waals surface area contributed by atoms with E-state index in [2.05, 4.69) is 18.7 Å².